The molecule has 0 saturated carbocycles. The minimum atomic E-state index is -5.08. The topological polar surface area (TPSA) is 178 Å². The first-order valence-corrected chi connectivity index (χ1v) is 30.4. The molecule has 6 unspecified atom stereocenters. The first kappa shape index (κ1) is 69.0. The van der Waals surface area contributed by atoms with Crippen LogP contribution in [0.3, 0.4) is 0 Å². The fourth-order valence-corrected chi connectivity index (χ4v) is 8.86. The minimum Gasteiger partial charge on any atom is -0.457 e. The van der Waals surface area contributed by atoms with Crippen molar-refractivity contribution in [3.8, 4) is 0 Å². The van der Waals surface area contributed by atoms with Crippen LogP contribution in [0.1, 0.15) is 219 Å². The summed E-state index contributed by atoms with van der Waals surface area (Å²) in [6.07, 6.45) is 61.6. The van der Waals surface area contributed by atoms with Gasteiger partial charge in [0, 0.05) is 13.0 Å². The number of hydrogen-bond acceptors (Lipinski definition) is 11. The lowest BCUT2D eigenvalue weighted by Crippen LogP contribution is -2.60. The predicted octanol–water partition coefficient (Wildman–Crippen LogP) is 14.5. The Labute approximate surface area is 450 Å². The maximum absolute atomic E-state index is 13.0. The number of rotatable bonds is 50. The van der Waals surface area contributed by atoms with E-state index in [1.54, 1.807) is 0 Å². The van der Waals surface area contributed by atoms with E-state index >= 15 is 0 Å². The van der Waals surface area contributed by atoms with Crippen molar-refractivity contribution in [1.29, 1.82) is 0 Å². The van der Waals surface area contributed by atoms with Crippen LogP contribution in [-0.2, 0) is 38.3 Å². The Balaban J connectivity index is 2.33. The summed E-state index contributed by atoms with van der Waals surface area (Å²) in [4.78, 5) is 13.0. The maximum Gasteiger partial charge on any atom is 0.397 e. The van der Waals surface area contributed by atoms with E-state index in [2.05, 4.69) is 115 Å². The molecule has 4 N–H and O–H groups in total. The van der Waals surface area contributed by atoms with Crippen LogP contribution in [0, 0.1) is 0 Å². The number of aliphatic hydroxyl groups excluding tert-OH is 3. The molecule has 0 aliphatic carbocycles. The van der Waals surface area contributed by atoms with Crippen LogP contribution in [0.2, 0.25) is 0 Å². The van der Waals surface area contributed by atoms with Gasteiger partial charge >= 0.3 is 16.4 Å². The average Bonchev–Trinajstić information content (AvgIpc) is 3.38. The van der Waals surface area contributed by atoms with Gasteiger partial charge in [0.05, 0.1) is 19.8 Å². The summed E-state index contributed by atoms with van der Waals surface area (Å²) in [6, 6.07) is 0. The molecule has 0 aromatic carbocycles. The SMILES string of the molecule is CC/C=C\C/C=C\C/C=C\C/C=C\C/C=C\C/C=C\CCCCCOCC(COC1OC(CO)C(O)C(OS(=O)(=O)O)C1O)OC(=O)CCCCCCCCCCCCCCC/C=C\C/C=C\CCCCCCC. The van der Waals surface area contributed by atoms with E-state index in [0.29, 0.717) is 13.0 Å². The highest BCUT2D eigenvalue weighted by atomic mass is 32.3. The van der Waals surface area contributed by atoms with Crippen LogP contribution in [0.4, 0.5) is 0 Å². The molecule has 1 rings (SSSR count). The number of unbranched alkanes of at least 4 members (excludes halogenated alkanes) is 21. The summed E-state index contributed by atoms with van der Waals surface area (Å²) in [7, 11) is -5.08. The summed E-state index contributed by atoms with van der Waals surface area (Å²) < 4.78 is 59.4. The van der Waals surface area contributed by atoms with Crippen LogP contribution < -0.4 is 0 Å². The minimum absolute atomic E-state index is 0.00789. The zero-order chi connectivity index (χ0) is 53.8. The molecule has 1 heterocycles. The summed E-state index contributed by atoms with van der Waals surface area (Å²) in [5, 5.41) is 30.8. The Hall–Kier alpha value is -2.98. The van der Waals surface area contributed by atoms with Gasteiger partial charge in [-0.2, -0.15) is 8.42 Å². The van der Waals surface area contributed by atoms with Crippen molar-refractivity contribution in [1.82, 2.24) is 0 Å². The van der Waals surface area contributed by atoms with Gasteiger partial charge in [0.2, 0.25) is 0 Å². The summed E-state index contributed by atoms with van der Waals surface area (Å²) in [5.74, 6) is -0.414. The molecule has 426 valence electrons. The second-order valence-corrected chi connectivity index (χ2v) is 20.5. The van der Waals surface area contributed by atoms with Gasteiger partial charge in [-0.05, 0) is 96.3 Å². The van der Waals surface area contributed by atoms with E-state index < -0.39 is 59.8 Å². The Morgan fingerprint density at radius 1 is 0.527 bits per heavy atom. The van der Waals surface area contributed by atoms with Crippen LogP contribution in [0.5, 0.6) is 0 Å². The lowest BCUT2D eigenvalue weighted by Gasteiger charge is -2.41. The quantitative estimate of drug-likeness (QED) is 0.0196. The Morgan fingerprint density at radius 2 is 0.932 bits per heavy atom. The molecule has 6 atom stereocenters. The van der Waals surface area contributed by atoms with Crippen LogP contribution in [-0.4, -0.2) is 97.5 Å². The molecule has 1 aliphatic heterocycles. The Morgan fingerprint density at radius 3 is 1.36 bits per heavy atom. The second-order valence-electron chi connectivity index (χ2n) is 19.5. The number of esters is 1. The van der Waals surface area contributed by atoms with E-state index in [1.807, 2.05) is 0 Å². The zero-order valence-corrected chi connectivity index (χ0v) is 46.9. The van der Waals surface area contributed by atoms with Crippen LogP contribution in [0.25, 0.3) is 0 Å². The molecule has 13 heteroatoms. The molecular formula is C61H104O12S. The van der Waals surface area contributed by atoms with E-state index in [-0.39, 0.29) is 19.6 Å². The molecule has 0 radical (unpaired) electrons. The van der Waals surface area contributed by atoms with E-state index in [1.165, 1.54) is 103 Å². The van der Waals surface area contributed by atoms with Crippen molar-refractivity contribution in [2.75, 3.05) is 26.4 Å². The van der Waals surface area contributed by atoms with Gasteiger partial charge < -0.3 is 34.3 Å². The van der Waals surface area contributed by atoms with Gasteiger partial charge in [-0.15, -0.1) is 0 Å². The Kier molecular flexibility index (Phi) is 47.4. The fraction of sp³-hybridized carbons (Fsp3) is 0.721. The van der Waals surface area contributed by atoms with Gasteiger partial charge in [-0.3, -0.25) is 9.35 Å². The van der Waals surface area contributed by atoms with Crippen molar-refractivity contribution in [2.24, 2.45) is 0 Å². The van der Waals surface area contributed by atoms with Gasteiger partial charge in [-0.25, -0.2) is 4.18 Å². The molecule has 74 heavy (non-hydrogen) atoms. The van der Waals surface area contributed by atoms with Gasteiger partial charge in [0.25, 0.3) is 0 Å². The van der Waals surface area contributed by atoms with E-state index in [0.717, 1.165) is 89.9 Å². The predicted molar refractivity (Wildman–Crippen MR) is 303 cm³/mol. The van der Waals surface area contributed by atoms with Crippen molar-refractivity contribution >= 4 is 16.4 Å². The first-order valence-electron chi connectivity index (χ1n) is 29.0. The number of carbonyl (C=O) groups is 1. The molecular weight excluding hydrogens is 957 g/mol. The first-order chi connectivity index (χ1) is 36.1. The number of carbonyl (C=O) groups excluding carboxylic acids is 1. The van der Waals surface area contributed by atoms with Crippen LogP contribution >= 0.6 is 0 Å². The second kappa shape index (κ2) is 50.8. The standard InChI is InChI=1S/C61H104O12S/c1-3-5-7-9-11-13-15-17-19-21-23-25-27-28-29-30-32-34-36-38-40-42-44-46-48-50-57(63)71-55(54-70-61-59(65)60(73-74(66,67)68)58(64)56(52-62)72-61)53-69-51-49-47-45-43-41-39-37-35-33-31-26-24-22-20-18-16-14-12-10-8-6-4-2/h6,8,12,14-15,17-18,20-21,23-24,26,33,35,39,41,55-56,58-62,64-65H,3-5,7,9-11,13,16,19,22,25,27-32,34,36-38,40,42-54H2,1-2H3,(H,66,67,68)/b8-6-,14-12-,17-15-,20-18-,23-21-,26-24-,35-33-,41-39-. The zero-order valence-electron chi connectivity index (χ0n) is 46.1. The summed E-state index contributed by atoms with van der Waals surface area (Å²) >= 11 is 0. The molecule has 1 aliphatic rings. The lowest BCUT2D eigenvalue weighted by molar-refractivity contribution is -0.301. The maximum atomic E-state index is 13.0. The van der Waals surface area contributed by atoms with Gasteiger partial charge in [-0.1, -0.05) is 214 Å². The Bertz CT molecular complexity index is 1650. The third kappa shape index (κ3) is 43.2. The van der Waals surface area contributed by atoms with Crippen LogP contribution in [0.15, 0.2) is 97.2 Å². The van der Waals surface area contributed by atoms with Crippen molar-refractivity contribution in [3.63, 3.8) is 0 Å². The van der Waals surface area contributed by atoms with Gasteiger partial charge in [0.1, 0.15) is 30.5 Å². The molecule has 0 bridgehead atoms. The van der Waals surface area contributed by atoms with Crippen molar-refractivity contribution < 1.29 is 56.2 Å². The fourth-order valence-electron chi connectivity index (χ4n) is 8.35. The number of allylic oxidation sites excluding steroid dienone is 16. The highest BCUT2D eigenvalue weighted by Crippen LogP contribution is 2.26. The highest BCUT2D eigenvalue weighted by Gasteiger charge is 2.48. The molecule has 0 spiro atoms. The third-order valence-corrected chi connectivity index (χ3v) is 13.2. The normalized spacial score (nSPS) is 19.5. The van der Waals surface area contributed by atoms with Gasteiger partial charge in [0.15, 0.2) is 6.29 Å². The molecule has 0 aromatic rings. The monoisotopic (exact) mass is 1060 g/mol. The molecule has 12 nitrogen and oxygen atoms in total. The molecule has 1 saturated heterocycles. The average molecular weight is 1060 g/mol. The molecule has 1 fully saturated rings. The third-order valence-electron chi connectivity index (χ3n) is 12.7. The smallest absolute Gasteiger partial charge is 0.397 e. The lowest BCUT2D eigenvalue weighted by atomic mass is 9.99. The summed E-state index contributed by atoms with van der Waals surface area (Å²) in [5.41, 5.74) is 0. The number of hydrogen-bond donors (Lipinski definition) is 4. The number of ether oxygens (including phenoxy) is 4. The largest absolute Gasteiger partial charge is 0.457 e. The van der Waals surface area contributed by atoms with Crippen molar-refractivity contribution in [2.45, 2.75) is 256 Å². The summed E-state index contributed by atoms with van der Waals surface area (Å²) in [6.45, 7) is 3.80. The molecule has 0 aromatic heterocycles. The van der Waals surface area contributed by atoms with Crippen molar-refractivity contribution in [3.05, 3.63) is 97.2 Å². The highest BCUT2D eigenvalue weighted by molar-refractivity contribution is 7.80. The number of aliphatic hydroxyl groups is 3. The molecule has 0 amide bonds. The van der Waals surface area contributed by atoms with E-state index in [9.17, 15) is 33.1 Å². The van der Waals surface area contributed by atoms with E-state index in [4.69, 9.17) is 18.9 Å².